The van der Waals surface area contributed by atoms with E-state index < -0.39 is 29.4 Å². The fourth-order valence-electron chi connectivity index (χ4n) is 1.92. The third-order valence-electron chi connectivity index (χ3n) is 2.92. The average Bonchev–Trinajstić information content (AvgIpc) is 2.49. The third-order valence-corrected chi connectivity index (χ3v) is 2.92. The molecule has 0 spiro atoms. The maximum absolute atomic E-state index is 11.0. The number of benzene rings is 1. The fraction of sp³-hybridized carbons (Fsp3) is 0.357. The van der Waals surface area contributed by atoms with Gasteiger partial charge in [-0.25, -0.2) is 0 Å². The fourth-order valence-corrected chi connectivity index (χ4v) is 1.92. The van der Waals surface area contributed by atoms with Gasteiger partial charge in [-0.3, -0.25) is 14.9 Å². The monoisotopic (exact) mass is 309 g/mol. The zero-order valence-corrected chi connectivity index (χ0v) is 11.7. The van der Waals surface area contributed by atoms with Gasteiger partial charge in [0.1, 0.15) is 18.0 Å². The minimum absolute atomic E-state index is 0.0457. The number of nitro benzene ring substituents is 1. The maximum Gasteiger partial charge on any atom is 0.303 e. The van der Waals surface area contributed by atoms with Crippen LogP contribution in [0.25, 0.3) is 0 Å². The van der Waals surface area contributed by atoms with Gasteiger partial charge in [0.2, 0.25) is 6.29 Å². The van der Waals surface area contributed by atoms with Crippen LogP contribution in [0.2, 0.25) is 0 Å². The number of non-ortho nitro benzene ring substituents is 1. The first-order valence-corrected chi connectivity index (χ1v) is 6.52. The lowest BCUT2D eigenvalue weighted by Gasteiger charge is -2.30. The summed E-state index contributed by atoms with van der Waals surface area (Å²) in [5, 5.41) is 19.8. The predicted octanol–water partition coefficient (Wildman–Crippen LogP) is 1.18. The van der Waals surface area contributed by atoms with E-state index in [-0.39, 0.29) is 12.3 Å². The highest BCUT2D eigenvalue weighted by molar-refractivity contribution is 5.66. The second-order valence-corrected chi connectivity index (χ2v) is 4.55. The Hall–Kier alpha value is -2.45. The number of nitro groups is 1. The molecule has 1 aliphatic rings. The molecule has 8 nitrogen and oxygen atoms in total. The topological polar surface area (TPSA) is 108 Å². The van der Waals surface area contributed by atoms with Gasteiger partial charge in [-0.1, -0.05) is 0 Å². The van der Waals surface area contributed by atoms with Gasteiger partial charge in [-0.2, -0.15) is 0 Å². The van der Waals surface area contributed by atoms with Crippen molar-refractivity contribution in [1.29, 1.82) is 0 Å². The number of esters is 1. The largest absolute Gasteiger partial charge is 0.461 e. The molecule has 3 atom stereocenters. The van der Waals surface area contributed by atoms with E-state index in [4.69, 9.17) is 14.2 Å². The van der Waals surface area contributed by atoms with E-state index in [2.05, 4.69) is 0 Å². The standard InChI is InChI=1S/C14H15NO7/c1-9(17)20-12-6-7-14(22-13(12)8-16)21-11-4-2-10(3-5-11)15(18)19/h2-7,12-14,16H,8H2,1H3. The van der Waals surface area contributed by atoms with Crippen molar-refractivity contribution in [3.8, 4) is 5.75 Å². The Balaban J connectivity index is 2.01. The highest BCUT2D eigenvalue weighted by atomic mass is 16.7. The predicted molar refractivity (Wildman–Crippen MR) is 74.2 cm³/mol. The molecule has 0 saturated heterocycles. The highest BCUT2D eigenvalue weighted by Crippen LogP contribution is 2.22. The minimum Gasteiger partial charge on any atom is -0.461 e. The average molecular weight is 309 g/mol. The summed E-state index contributed by atoms with van der Waals surface area (Å²) in [4.78, 5) is 21.0. The highest BCUT2D eigenvalue weighted by Gasteiger charge is 2.29. The summed E-state index contributed by atoms with van der Waals surface area (Å²) < 4.78 is 15.9. The van der Waals surface area contributed by atoms with E-state index in [0.717, 1.165) is 0 Å². The Bertz CT molecular complexity index is 569. The molecule has 0 bridgehead atoms. The number of carbonyl (C=O) groups excluding carboxylic acids is 1. The summed E-state index contributed by atoms with van der Waals surface area (Å²) in [5.41, 5.74) is -0.0457. The van der Waals surface area contributed by atoms with Crippen molar-refractivity contribution in [1.82, 2.24) is 0 Å². The number of aliphatic hydroxyl groups excluding tert-OH is 1. The summed E-state index contributed by atoms with van der Waals surface area (Å²) in [7, 11) is 0. The van der Waals surface area contributed by atoms with Crippen LogP contribution in [0.15, 0.2) is 36.4 Å². The first kappa shape index (κ1) is 15.9. The molecule has 0 aromatic heterocycles. The molecule has 22 heavy (non-hydrogen) atoms. The molecular formula is C14H15NO7. The lowest BCUT2D eigenvalue weighted by atomic mass is 10.1. The van der Waals surface area contributed by atoms with Crippen molar-refractivity contribution < 1.29 is 29.0 Å². The Labute approximate surface area is 126 Å². The van der Waals surface area contributed by atoms with E-state index in [0.29, 0.717) is 5.75 Å². The van der Waals surface area contributed by atoms with E-state index in [9.17, 15) is 20.0 Å². The van der Waals surface area contributed by atoms with Gasteiger partial charge >= 0.3 is 5.97 Å². The molecule has 0 amide bonds. The summed E-state index contributed by atoms with van der Waals surface area (Å²) >= 11 is 0. The SMILES string of the molecule is CC(=O)OC1C=CC(Oc2ccc([N+](=O)[O-])cc2)OC1CO. The second-order valence-electron chi connectivity index (χ2n) is 4.55. The van der Waals surface area contributed by atoms with Crippen LogP contribution in [-0.2, 0) is 14.3 Å². The molecule has 1 aromatic carbocycles. The quantitative estimate of drug-likeness (QED) is 0.376. The number of rotatable bonds is 5. The molecule has 1 N–H and O–H groups in total. The molecule has 1 heterocycles. The zero-order chi connectivity index (χ0) is 16.1. The van der Waals surface area contributed by atoms with Gasteiger partial charge in [-0.05, 0) is 24.3 Å². The van der Waals surface area contributed by atoms with E-state index in [1.165, 1.54) is 31.2 Å². The molecule has 0 radical (unpaired) electrons. The molecule has 118 valence electrons. The molecular weight excluding hydrogens is 294 g/mol. The van der Waals surface area contributed by atoms with Crippen molar-refractivity contribution >= 4 is 11.7 Å². The molecule has 1 aromatic rings. The van der Waals surface area contributed by atoms with Crippen LogP contribution in [0.4, 0.5) is 5.69 Å². The molecule has 0 aliphatic carbocycles. The van der Waals surface area contributed by atoms with Crippen molar-refractivity contribution in [3.05, 3.63) is 46.5 Å². The van der Waals surface area contributed by atoms with E-state index >= 15 is 0 Å². The van der Waals surface area contributed by atoms with E-state index in [1.807, 2.05) is 0 Å². The number of hydrogen-bond donors (Lipinski definition) is 1. The summed E-state index contributed by atoms with van der Waals surface area (Å²) in [6.45, 7) is 0.921. The Morgan fingerprint density at radius 2 is 2.05 bits per heavy atom. The third kappa shape index (κ3) is 4.03. The molecule has 0 fully saturated rings. The number of carbonyl (C=O) groups is 1. The summed E-state index contributed by atoms with van der Waals surface area (Å²) in [6.07, 6.45) is 0.907. The van der Waals surface area contributed by atoms with Crippen molar-refractivity contribution in [2.75, 3.05) is 6.61 Å². The van der Waals surface area contributed by atoms with Gasteiger partial charge in [0.25, 0.3) is 5.69 Å². The first-order chi connectivity index (χ1) is 10.5. The lowest BCUT2D eigenvalue weighted by Crippen LogP contribution is -2.42. The number of hydrogen-bond acceptors (Lipinski definition) is 7. The summed E-state index contributed by atoms with van der Waals surface area (Å²) in [6, 6.07) is 5.52. The van der Waals surface area contributed by atoms with Crippen molar-refractivity contribution in [2.45, 2.75) is 25.4 Å². The Kier molecular flexibility index (Phi) is 5.08. The molecule has 0 saturated carbocycles. The van der Waals surface area contributed by atoms with Crippen LogP contribution in [0.1, 0.15) is 6.92 Å². The van der Waals surface area contributed by atoms with Gasteiger partial charge in [-0.15, -0.1) is 0 Å². The van der Waals surface area contributed by atoms with Crippen LogP contribution in [0.3, 0.4) is 0 Å². The molecule has 1 aliphatic heterocycles. The first-order valence-electron chi connectivity index (χ1n) is 6.52. The molecule has 8 heteroatoms. The van der Waals surface area contributed by atoms with Crippen LogP contribution >= 0.6 is 0 Å². The van der Waals surface area contributed by atoms with Crippen molar-refractivity contribution in [3.63, 3.8) is 0 Å². The normalized spacial score (nSPS) is 23.8. The maximum atomic E-state index is 11.0. The minimum atomic E-state index is -0.787. The number of nitrogens with zero attached hydrogens (tertiary/aromatic N) is 1. The zero-order valence-electron chi connectivity index (χ0n) is 11.7. The van der Waals surface area contributed by atoms with Gasteiger partial charge in [0, 0.05) is 19.1 Å². The Morgan fingerprint density at radius 1 is 1.36 bits per heavy atom. The lowest BCUT2D eigenvalue weighted by molar-refractivity contribution is -0.384. The van der Waals surface area contributed by atoms with Gasteiger partial charge in [0.05, 0.1) is 11.5 Å². The second kappa shape index (κ2) is 7.01. The van der Waals surface area contributed by atoms with Crippen molar-refractivity contribution in [2.24, 2.45) is 0 Å². The van der Waals surface area contributed by atoms with Crippen LogP contribution in [-0.4, -0.2) is 41.1 Å². The van der Waals surface area contributed by atoms with Gasteiger partial charge < -0.3 is 19.3 Å². The Morgan fingerprint density at radius 3 is 2.59 bits per heavy atom. The van der Waals surface area contributed by atoms with Gasteiger partial charge in [0.15, 0.2) is 0 Å². The summed E-state index contributed by atoms with van der Waals surface area (Å²) in [5.74, 6) is -0.102. The van der Waals surface area contributed by atoms with Crippen LogP contribution in [0.5, 0.6) is 5.75 Å². The molecule has 3 unspecified atom stereocenters. The van der Waals surface area contributed by atoms with E-state index in [1.54, 1.807) is 12.2 Å². The van der Waals surface area contributed by atoms with Crippen LogP contribution < -0.4 is 4.74 Å². The smallest absolute Gasteiger partial charge is 0.303 e. The number of aliphatic hydroxyl groups is 1. The number of ether oxygens (including phenoxy) is 3. The molecule has 2 rings (SSSR count). The van der Waals surface area contributed by atoms with Crippen LogP contribution in [0, 0.1) is 10.1 Å².